The van der Waals surface area contributed by atoms with Gasteiger partial charge in [-0.25, -0.2) is 4.99 Å². The average Bonchev–Trinajstić information content (AvgIpc) is 3.26. The van der Waals surface area contributed by atoms with E-state index in [1.165, 1.54) is 11.3 Å². The molecule has 0 fully saturated rings. The second kappa shape index (κ2) is 11.8. The van der Waals surface area contributed by atoms with Crippen molar-refractivity contribution in [1.82, 2.24) is 9.47 Å². The number of benzene rings is 2. The molecule has 1 aliphatic heterocycles. The van der Waals surface area contributed by atoms with Gasteiger partial charge in [0.1, 0.15) is 17.5 Å². The molecule has 0 bridgehead atoms. The number of hydrogen-bond donors (Lipinski definition) is 0. The first-order chi connectivity index (χ1) is 18.8. The number of aromatic nitrogens is 1. The molecule has 0 radical (unpaired) electrons. The van der Waals surface area contributed by atoms with Gasteiger partial charge >= 0.3 is 0 Å². The molecule has 9 nitrogen and oxygen atoms in total. The monoisotopic (exact) mass is 551 g/mol. The lowest BCUT2D eigenvalue weighted by Crippen LogP contribution is -2.43. The van der Waals surface area contributed by atoms with E-state index < -0.39 is 6.04 Å². The van der Waals surface area contributed by atoms with Gasteiger partial charge < -0.3 is 23.8 Å². The SMILES string of the molecule is CCN(CC)C(=O)C1=C(C)N=c2s/c(=C/c3ccc(OC)c(OC)c3)c(=O)n2[C@@H]1c1cc(OC)ccc1OC. The lowest BCUT2D eigenvalue weighted by Gasteiger charge is -2.30. The van der Waals surface area contributed by atoms with E-state index in [1.807, 2.05) is 32.9 Å². The molecule has 4 rings (SSSR count). The summed E-state index contributed by atoms with van der Waals surface area (Å²) in [5.74, 6) is 2.10. The molecule has 2 heterocycles. The Bertz CT molecular complexity index is 1600. The van der Waals surface area contributed by atoms with Crippen LogP contribution in [0.15, 0.2) is 57.5 Å². The fourth-order valence-corrected chi connectivity index (χ4v) is 5.76. The van der Waals surface area contributed by atoms with Crippen LogP contribution in [0.2, 0.25) is 0 Å². The minimum absolute atomic E-state index is 0.176. The number of carbonyl (C=O) groups excluding carboxylic acids is 1. The standard InChI is InChI=1S/C29H33N3O6S/c1-8-31(9-2)28(34)25-17(3)30-29-32(26(25)20-16-19(35-4)11-13-21(20)36-5)27(33)24(39-29)15-18-10-12-22(37-6)23(14-18)38-7/h10-16,26H,8-9H2,1-7H3/b24-15+/t26-/m1/s1. The van der Waals surface area contributed by atoms with Crippen LogP contribution < -0.4 is 33.8 Å². The fraction of sp³-hybridized carbons (Fsp3) is 0.345. The molecule has 0 aliphatic carbocycles. The Morgan fingerprint density at radius 3 is 2.26 bits per heavy atom. The summed E-state index contributed by atoms with van der Waals surface area (Å²) in [5.41, 5.74) is 2.13. The van der Waals surface area contributed by atoms with Gasteiger partial charge in [0.2, 0.25) is 0 Å². The number of nitrogens with zero attached hydrogens (tertiary/aromatic N) is 3. The zero-order chi connectivity index (χ0) is 28.3. The van der Waals surface area contributed by atoms with Crippen molar-refractivity contribution < 1.29 is 23.7 Å². The van der Waals surface area contributed by atoms with Gasteiger partial charge in [0.25, 0.3) is 11.5 Å². The Morgan fingerprint density at radius 1 is 0.974 bits per heavy atom. The van der Waals surface area contributed by atoms with Crippen LogP contribution >= 0.6 is 11.3 Å². The van der Waals surface area contributed by atoms with Crippen LogP contribution in [0.1, 0.15) is 37.9 Å². The molecule has 1 aromatic heterocycles. The molecule has 0 spiro atoms. The number of amides is 1. The van der Waals surface area contributed by atoms with Crippen molar-refractivity contribution in [3.63, 3.8) is 0 Å². The van der Waals surface area contributed by atoms with E-state index in [2.05, 4.69) is 0 Å². The summed E-state index contributed by atoms with van der Waals surface area (Å²) in [6.45, 7) is 6.71. The van der Waals surface area contributed by atoms with Gasteiger partial charge in [-0.2, -0.15) is 0 Å². The van der Waals surface area contributed by atoms with Gasteiger partial charge in [-0.15, -0.1) is 0 Å². The average molecular weight is 552 g/mol. The van der Waals surface area contributed by atoms with E-state index in [0.717, 1.165) is 5.56 Å². The zero-order valence-corrected chi connectivity index (χ0v) is 24.0. The maximum absolute atomic E-state index is 14.0. The number of fused-ring (bicyclic) bond motifs is 1. The van der Waals surface area contributed by atoms with E-state index in [4.69, 9.17) is 23.9 Å². The molecular weight excluding hydrogens is 518 g/mol. The highest BCUT2D eigenvalue weighted by Gasteiger charge is 2.36. The highest BCUT2D eigenvalue weighted by Crippen LogP contribution is 2.38. The molecule has 1 aliphatic rings. The van der Waals surface area contributed by atoms with Gasteiger partial charge in [0.05, 0.1) is 44.2 Å². The van der Waals surface area contributed by atoms with E-state index in [1.54, 1.807) is 68.2 Å². The topological polar surface area (TPSA) is 91.6 Å². The fourth-order valence-electron chi connectivity index (χ4n) is 4.72. The quantitative estimate of drug-likeness (QED) is 0.406. The van der Waals surface area contributed by atoms with Crippen LogP contribution in [0.25, 0.3) is 6.08 Å². The van der Waals surface area contributed by atoms with Gasteiger partial charge in [-0.3, -0.25) is 14.2 Å². The second-order valence-electron chi connectivity index (χ2n) is 8.78. The summed E-state index contributed by atoms with van der Waals surface area (Å²) < 4.78 is 24.0. The van der Waals surface area contributed by atoms with Gasteiger partial charge in [0, 0.05) is 18.7 Å². The van der Waals surface area contributed by atoms with Gasteiger partial charge in [-0.05, 0) is 62.7 Å². The summed E-state index contributed by atoms with van der Waals surface area (Å²) in [7, 11) is 6.27. The van der Waals surface area contributed by atoms with Crippen molar-refractivity contribution >= 4 is 23.3 Å². The first-order valence-corrected chi connectivity index (χ1v) is 13.4. The van der Waals surface area contributed by atoms with Crippen LogP contribution in [-0.2, 0) is 4.79 Å². The number of ether oxygens (including phenoxy) is 4. The van der Waals surface area contributed by atoms with E-state index >= 15 is 0 Å². The number of carbonyl (C=O) groups is 1. The molecule has 0 saturated carbocycles. The maximum atomic E-state index is 14.0. The Kier molecular flexibility index (Phi) is 8.44. The number of likely N-dealkylation sites (N-methyl/N-ethyl adjacent to an activating group) is 1. The number of allylic oxidation sites excluding steroid dienone is 1. The Labute approximate surface area is 231 Å². The zero-order valence-electron chi connectivity index (χ0n) is 23.2. The summed E-state index contributed by atoms with van der Waals surface area (Å²) in [4.78, 5) is 34.8. The highest BCUT2D eigenvalue weighted by molar-refractivity contribution is 7.07. The predicted octanol–water partition coefficient (Wildman–Crippen LogP) is 3.14. The Morgan fingerprint density at radius 2 is 1.64 bits per heavy atom. The number of methoxy groups -OCH3 is 4. The number of rotatable bonds is 9. The van der Waals surface area contributed by atoms with Crippen molar-refractivity contribution in [2.24, 2.45) is 4.99 Å². The molecule has 0 unspecified atom stereocenters. The summed E-state index contributed by atoms with van der Waals surface area (Å²) in [5, 5.41) is 0. The summed E-state index contributed by atoms with van der Waals surface area (Å²) in [6, 6.07) is 10.1. The minimum Gasteiger partial charge on any atom is -0.497 e. The largest absolute Gasteiger partial charge is 0.497 e. The Hall–Kier alpha value is -4.05. The molecule has 39 heavy (non-hydrogen) atoms. The second-order valence-corrected chi connectivity index (χ2v) is 9.79. The van der Waals surface area contributed by atoms with Crippen LogP contribution in [0, 0.1) is 0 Å². The summed E-state index contributed by atoms with van der Waals surface area (Å²) >= 11 is 1.26. The first-order valence-electron chi connectivity index (χ1n) is 12.6. The first kappa shape index (κ1) is 28.0. The third kappa shape index (κ3) is 5.16. The van der Waals surface area contributed by atoms with Crippen LogP contribution in [0.5, 0.6) is 23.0 Å². The normalized spacial score (nSPS) is 14.9. The lowest BCUT2D eigenvalue weighted by atomic mass is 9.93. The van der Waals surface area contributed by atoms with Crippen molar-refractivity contribution in [3.05, 3.63) is 78.5 Å². The molecule has 1 atom stereocenters. The molecule has 0 saturated heterocycles. The molecule has 206 valence electrons. The smallest absolute Gasteiger partial charge is 0.271 e. The molecule has 1 amide bonds. The minimum atomic E-state index is -0.757. The molecule has 0 N–H and O–H groups in total. The third-order valence-electron chi connectivity index (χ3n) is 6.74. The van der Waals surface area contributed by atoms with E-state index in [9.17, 15) is 9.59 Å². The van der Waals surface area contributed by atoms with Crippen LogP contribution in [-0.4, -0.2) is 56.9 Å². The maximum Gasteiger partial charge on any atom is 0.271 e. The molecule has 3 aromatic rings. The molecule has 2 aromatic carbocycles. The molecular formula is C29H33N3O6S. The van der Waals surface area contributed by atoms with E-state index in [0.29, 0.717) is 62.3 Å². The van der Waals surface area contributed by atoms with Crippen molar-refractivity contribution in [3.8, 4) is 23.0 Å². The van der Waals surface area contributed by atoms with E-state index in [-0.39, 0.29) is 11.5 Å². The van der Waals surface area contributed by atoms with Crippen LogP contribution in [0.3, 0.4) is 0 Å². The number of hydrogen-bond acceptors (Lipinski definition) is 8. The van der Waals surface area contributed by atoms with Gasteiger partial charge in [0.15, 0.2) is 16.3 Å². The third-order valence-corrected chi connectivity index (χ3v) is 7.72. The van der Waals surface area contributed by atoms with Crippen molar-refractivity contribution in [1.29, 1.82) is 0 Å². The predicted molar refractivity (Wildman–Crippen MR) is 151 cm³/mol. The van der Waals surface area contributed by atoms with Crippen LogP contribution in [0.4, 0.5) is 0 Å². The lowest BCUT2D eigenvalue weighted by molar-refractivity contribution is -0.127. The summed E-state index contributed by atoms with van der Waals surface area (Å²) in [6.07, 6.45) is 1.79. The number of thiazole rings is 1. The van der Waals surface area contributed by atoms with Crippen molar-refractivity contribution in [2.45, 2.75) is 26.8 Å². The van der Waals surface area contributed by atoms with Gasteiger partial charge in [-0.1, -0.05) is 17.4 Å². The van der Waals surface area contributed by atoms with Crippen molar-refractivity contribution in [2.75, 3.05) is 41.5 Å². The Balaban J connectivity index is 2.00. The highest BCUT2D eigenvalue weighted by atomic mass is 32.1. The molecule has 10 heteroatoms.